The maximum Gasteiger partial charge on any atom is 0.231 e. The number of aromatic nitrogens is 1. The van der Waals surface area contributed by atoms with E-state index in [-0.39, 0.29) is 12.5 Å². The number of piperidine rings is 1. The summed E-state index contributed by atoms with van der Waals surface area (Å²) in [7, 11) is 0. The second-order valence-corrected chi connectivity index (χ2v) is 4.31. The van der Waals surface area contributed by atoms with Crippen LogP contribution in [0, 0.1) is 0 Å². The van der Waals surface area contributed by atoms with E-state index in [1.54, 1.807) is 0 Å². The Morgan fingerprint density at radius 2 is 2.06 bits per heavy atom. The first-order chi connectivity index (χ1) is 8.25. The predicted molar refractivity (Wildman–Crippen MR) is 66.7 cm³/mol. The van der Waals surface area contributed by atoms with Crippen molar-refractivity contribution in [2.45, 2.75) is 18.9 Å². The number of rotatable bonds is 4. The minimum Gasteiger partial charge on any atom is -0.371 e. The van der Waals surface area contributed by atoms with Gasteiger partial charge in [0, 0.05) is 37.2 Å². The summed E-state index contributed by atoms with van der Waals surface area (Å²) in [5, 5.41) is 3.18. The highest BCUT2D eigenvalue weighted by Crippen LogP contribution is 2.18. The van der Waals surface area contributed by atoms with Gasteiger partial charge in [-0.05, 0) is 25.0 Å². The van der Waals surface area contributed by atoms with Crippen LogP contribution in [-0.2, 0) is 4.79 Å². The van der Waals surface area contributed by atoms with Gasteiger partial charge in [0.2, 0.25) is 5.91 Å². The molecule has 1 fully saturated rings. The second kappa shape index (κ2) is 5.63. The molecule has 1 aliphatic rings. The van der Waals surface area contributed by atoms with Gasteiger partial charge in [-0.15, -0.1) is 0 Å². The van der Waals surface area contributed by atoms with Crippen LogP contribution in [0.1, 0.15) is 12.8 Å². The number of carbonyl (C=O) groups is 1. The van der Waals surface area contributed by atoms with Crippen LogP contribution in [0.3, 0.4) is 0 Å². The van der Waals surface area contributed by atoms with Gasteiger partial charge in [0.05, 0.1) is 6.54 Å². The molecule has 0 atom stereocenters. The fourth-order valence-electron chi connectivity index (χ4n) is 2.14. The van der Waals surface area contributed by atoms with Crippen molar-refractivity contribution < 1.29 is 4.79 Å². The van der Waals surface area contributed by atoms with Gasteiger partial charge < -0.3 is 16.0 Å². The van der Waals surface area contributed by atoms with Crippen LogP contribution in [0.25, 0.3) is 0 Å². The van der Waals surface area contributed by atoms with Gasteiger partial charge in [0.1, 0.15) is 0 Å². The van der Waals surface area contributed by atoms with E-state index >= 15 is 0 Å². The van der Waals surface area contributed by atoms with Gasteiger partial charge in [-0.25, -0.2) is 0 Å². The molecule has 2 rings (SSSR count). The van der Waals surface area contributed by atoms with Crippen molar-refractivity contribution in [3.05, 3.63) is 24.5 Å². The highest BCUT2D eigenvalue weighted by molar-refractivity contribution is 5.75. The molecule has 0 saturated carbocycles. The lowest BCUT2D eigenvalue weighted by atomic mass is 10.0. The first-order valence-electron chi connectivity index (χ1n) is 5.92. The summed E-state index contributed by atoms with van der Waals surface area (Å²) in [6.45, 7) is 2.28. The second-order valence-electron chi connectivity index (χ2n) is 4.31. The number of nitrogens with two attached hydrogens (primary N) is 1. The van der Waals surface area contributed by atoms with E-state index < -0.39 is 0 Å². The van der Waals surface area contributed by atoms with Gasteiger partial charge in [0.25, 0.3) is 0 Å². The third kappa shape index (κ3) is 3.42. The molecular weight excluding hydrogens is 216 g/mol. The van der Waals surface area contributed by atoms with Crippen molar-refractivity contribution in [2.75, 3.05) is 24.5 Å². The van der Waals surface area contributed by atoms with E-state index in [1.165, 1.54) is 5.69 Å². The van der Waals surface area contributed by atoms with Crippen LogP contribution in [0.2, 0.25) is 0 Å². The summed E-state index contributed by atoms with van der Waals surface area (Å²) in [5.41, 5.74) is 6.33. The molecule has 0 unspecified atom stereocenters. The summed E-state index contributed by atoms with van der Waals surface area (Å²) in [4.78, 5) is 17.0. The number of amides is 1. The van der Waals surface area contributed by atoms with Crippen molar-refractivity contribution in [1.82, 2.24) is 10.3 Å². The minimum atomic E-state index is -0.290. The zero-order chi connectivity index (χ0) is 12.1. The summed E-state index contributed by atoms with van der Waals surface area (Å²) >= 11 is 0. The van der Waals surface area contributed by atoms with Crippen LogP contribution in [0.4, 0.5) is 5.69 Å². The number of pyridine rings is 1. The molecule has 1 aliphatic heterocycles. The Morgan fingerprint density at radius 3 is 2.65 bits per heavy atom. The monoisotopic (exact) mass is 234 g/mol. The highest BCUT2D eigenvalue weighted by Gasteiger charge is 2.19. The molecule has 0 spiro atoms. The topological polar surface area (TPSA) is 71.2 Å². The van der Waals surface area contributed by atoms with Gasteiger partial charge in [-0.1, -0.05) is 0 Å². The zero-order valence-corrected chi connectivity index (χ0v) is 9.80. The minimum absolute atomic E-state index is 0.278. The molecule has 92 valence electrons. The molecule has 0 bridgehead atoms. The normalized spacial score (nSPS) is 17.1. The fourth-order valence-corrected chi connectivity index (χ4v) is 2.14. The Morgan fingerprint density at radius 1 is 1.41 bits per heavy atom. The Balaban J connectivity index is 1.80. The molecule has 1 saturated heterocycles. The number of nitrogens with zero attached hydrogens (tertiary/aromatic N) is 2. The first-order valence-corrected chi connectivity index (χ1v) is 5.92. The number of primary amides is 1. The van der Waals surface area contributed by atoms with Crippen molar-refractivity contribution in [3.63, 3.8) is 0 Å². The van der Waals surface area contributed by atoms with Crippen molar-refractivity contribution in [2.24, 2.45) is 5.73 Å². The van der Waals surface area contributed by atoms with E-state index in [9.17, 15) is 4.79 Å². The molecule has 1 aromatic rings. The molecule has 5 nitrogen and oxygen atoms in total. The van der Waals surface area contributed by atoms with Crippen LogP contribution in [0.5, 0.6) is 0 Å². The van der Waals surface area contributed by atoms with E-state index in [0.717, 1.165) is 25.9 Å². The SMILES string of the molecule is NC(=O)CNC1CCN(c2ccncc2)CC1. The Bertz CT molecular complexity index is 360. The van der Waals surface area contributed by atoms with E-state index in [4.69, 9.17) is 5.73 Å². The lowest BCUT2D eigenvalue weighted by Crippen LogP contribution is -2.45. The molecule has 3 N–H and O–H groups in total. The van der Waals surface area contributed by atoms with E-state index in [1.807, 2.05) is 24.5 Å². The molecule has 0 aromatic carbocycles. The highest BCUT2D eigenvalue weighted by atomic mass is 16.1. The van der Waals surface area contributed by atoms with Gasteiger partial charge in [-0.2, -0.15) is 0 Å². The summed E-state index contributed by atoms with van der Waals surface area (Å²) in [6, 6.07) is 4.45. The predicted octanol–water partition coefficient (Wildman–Crippen LogP) is 0.125. The standard InChI is InChI=1S/C12H18N4O/c13-12(17)9-15-10-3-7-16(8-4-10)11-1-5-14-6-2-11/h1-2,5-6,10,15H,3-4,7-9H2,(H2,13,17). The number of hydrogen-bond donors (Lipinski definition) is 2. The Kier molecular flexibility index (Phi) is 3.93. The average molecular weight is 234 g/mol. The molecule has 2 heterocycles. The molecule has 1 aromatic heterocycles. The molecule has 0 radical (unpaired) electrons. The van der Waals surface area contributed by atoms with Gasteiger partial charge in [-0.3, -0.25) is 9.78 Å². The molecule has 17 heavy (non-hydrogen) atoms. The number of carbonyl (C=O) groups excluding carboxylic acids is 1. The van der Waals surface area contributed by atoms with Crippen LogP contribution >= 0.6 is 0 Å². The lowest BCUT2D eigenvalue weighted by molar-refractivity contribution is -0.117. The van der Waals surface area contributed by atoms with E-state index in [0.29, 0.717) is 6.04 Å². The van der Waals surface area contributed by atoms with Crippen molar-refractivity contribution in [3.8, 4) is 0 Å². The van der Waals surface area contributed by atoms with Crippen LogP contribution in [0.15, 0.2) is 24.5 Å². The zero-order valence-electron chi connectivity index (χ0n) is 9.80. The fraction of sp³-hybridized carbons (Fsp3) is 0.500. The van der Waals surface area contributed by atoms with Crippen LogP contribution < -0.4 is 16.0 Å². The number of hydrogen-bond acceptors (Lipinski definition) is 4. The van der Waals surface area contributed by atoms with Gasteiger partial charge in [0.15, 0.2) is 0 Å². The van der Waals surface area contributed by atoms with Gasteiger partial charge >= 0.3 is 0 Å². The number of nitrogens with one attached hydrogen (secondary N) is 1. The lowest BCUT2D eigenvalue weighted by Gasteiger charge is -2.33. The summed E-state index contributed by atoms with van der Waals surface area (Å²) < 4.78 is 0. The first kappa shape index (κ1) is 11.9. The summed E-state index contributed by atoms with van der Waals surface area (Å²) in [5.74, 6) is -0.290. The quantitative estimate of drug-likeness (QED) is 0.776. The van der Waals surface area contributed by atoms with E-state index in [2.05, 4.69) is 15.2 Å². The largest absolute Gasteiger partial charge is 0.371 e. The van der Waals surface area contributed by atoms with Crippen molar-refractivity contribution >= 4 is 11.6 Å². The average Bonchev–Trinajstić information content (AvgIpc) is 2.38. The smallest absolute Gasteiger partial charge is 0.231 e. The maximum absolute atomic E-state index is 10.7. The molecule has 0 aliphatic carbocycles. The Labute approximate surface area is 101 Å². The third-order valence-corrected chi connectivity index (χ3v) is 3.09. The third-order valence-electron chi connectivity index (χ3n) is 3.09. The maximum atomic E-state index is 10.7. The summed E-state index contributed by atoms with van der Waals surface area (Å²) in [6.07, 6.45) is 5.70. The van der Waals surface area contributed by atoms with Crippen LogP contribution in [-0.4, -0.2) is 36.6 Å². The molecule has 1 amide bonds. The number of anilines is 1. The molecule has 5 heteroatoms. The molecular formula is C12H18N4O. The van der Waals surface area contributed by atoms with Crippen molar-refractivity contribution in [1.29, 1.82) is 0 Å². The Hall–Kier alpha value is -1.62.